The van der Waals surface area contributed by atoms with Gasteiger partial charge in [0.15, 0.2) is 0 Å². The first kappa shape index (κ1) is 14.0. The van der Waals surface area contributed by atoms with Crippen molar-refractivity contribution in [2.45, 2.75) is 0 Å². The van der Waals surface area contributed by atoms with Crippen molar-refractivity contribution in [3.05, 3.63) is 54.4 Å². The molecule has 0 aliphatic heterocycles. The van der Waals surface area contributed by atoms with E-state index >= 15 is 0 Å². The Morgan fingerprint density at radius 1 is 1.25 bits per heavy atom. The third-order valence-electron chi connectivity index (χ3n) is 2.50. The lowest BCUT2D eigenvalue weighted by Gasteiger charge is -2.09. The largest absolute Gasteiger partial charge is 0.497 e. The first-order valence-corrected chi connectivity index (χ1v) is 6.26. The van der Waals surface area contributed by atoms with Crippen LogP contribution in [-0.4, -0.2) is 23.1 Å². The molecular formula is C14H13N3O2S. The summed E-state index contributed by atoms with van der Waals surface area (Å²) >= 11 is 5.12. The normalized spacial score (nSPS) is 9.65. The summed E-state index contributed by atoms with van der Waals surface area (Å²) in [6, 6.07) is 10.1. The molecule has 0 atom stereocenters. The zero-order valence-corrected chi connectivity index (χ0v) is 11.6. The Labute approximate surface area is 122 Å². The summed E-state index contributed by atoms with van der Waals surface area (Å²) in [6.45, 7) is 0. The van der Waals surface area contributed by atoms with Crippen LogP contribution in [0, 0.1) is 0 Å². The lowest BCUT2D eigenvalue weighted by molar-refractivity contribution is 0.256. The Bertz CT molecular complexity index is 600. The van der Waals surface area contributed by atoms with E-state index in [2.05, 4.69) is 15.6 Å². The maximum absolute atomic E-state index is 11.8. The number of urea groups is 1. The first-order valence-electron chi connectivity index (χ1n) is 5.85. The molecule has 0 aliphatic carbocycles. The summed E-state index contributed by atoms with van der Waals surface area (Å²) in [5.74, 6) is 0.724. The first-order chi connectivity index (χ1) is 9.69. The maximum Gasteiger partial charge on any atom is 0.324 e. The highest BCUT2D eigenvalue weighted by atomic mass is 32.1. The molecule has 2 amide bonds. The predicted octanol–water partition coefficient (Wildman–Crippen LogP) is 2.59. The minimum absolute atomic E-state index is 0.323. The monoisotopic (exact) mass is 287 g/mol. The number of nitrogens with zero attached hydrogens (tertiary/aromatic N) is 1. The highest BCUT2D eigenvalue weighted by Crippen LogP contribution is 2.14. The second kappa shape index (κ2) is 6.63. The highest BCUT2D eigenvalue weighted by molar-refractivity contribution is 7.80. The molecule has 0 aliphatic rings. The predicted molar refractivity (Wildman–Crippen MR) is 81.1 cm³/mol. The van der Waals surface area contributed by atoms with Gasteiger partial charge in [0.05, 0.1) is 7.11 Å². The Kier molecular flexibility index (Phi) is 4.62. The van der Waals surface area contributed by atoms with Crippen LogP contribution in [0.4, 0.5) is 10.5 Å². The number of nitrogens with one attached hydrogen (secondary N) is 2. The molecule has 0 spiro atoms. The van der Waals surface area contributed by atoms with Crippen molar-refractivity contribution < 1.29 is 9.53 Å². The number of carbonyl (C=O) groups excluding carboxylic acids is 1. The lowest BCUT2D eigenvalue weighted by atomic mass is 10.3. The number of hydrogen-bond donors (Lipinski definition) is 2. The molecule has 2 aromatic rings. The van der Waals surface area contributed by atoms with Gasteiger partial charge in [-0.25, -0.2) is 4.79 Å². The number of hydrogen-bond acceptors (Lipinski definition) is 4. The molecule has 1 heterocycles. The van der Waals surface area contributed by atoms with Gasteiger partial charge in [-0.1, -0.05) is 12.2 Å². The van der Waals surface area contributed by atoms with Gasteiger partial charge in [0.1, 0.15) is 10.7 Å². The second-order valence-electron chi connectivity index (χ2n) is 3.88. The van der Waals surface area contributed by atoms with Crippen LogP contribution in [0.25, 0.3) is 0 Å². The Morgan fingerprint density at radius 2 is 2.00 bits per heavy atom. The number of benzene rings is 1. The molecule has 1 aromatic heterocycles. The number of rotatable bonds is 3. The number of methoxy groups -OCH3 is 1. The molecule has 1 aromatic carbocycles. The van der Waals surface area contributed by atoms with Crippen LogP contribution in [0.2, 0.25) is 0 Å². The van der Waals surface area contributed by atoms with Gasteiger partial charge < -0.3 is 10.1 Å². The summed E-state index contributed by atoms with van der Waals surface area (Å²) in [4.78, 5) is 16.1. The Hall–Kier alpha value is -2.47. The van der Waals surface area contributed by atoms with E-state index in [9.17, 15) is 4.79 Å². The van der Waals surface area contributed by atoms with Crippen LogP contribution < -0.4 is 15.4 Å². The van der Waals surface area contributed by atoms with Crippen LogP contribution in [0.15, 0.2) is 48.8 Å². The van der Waals surface area contributed by atoms with E-state index in [1.165, 1.54) is 0 Å². The SMILES string of the molecule is COc1ccc(NC(=O)NC(=S)c2cccnc2)cc1. The summed E-state index contributed by atoms with van der Waals surface area (Å²) in [6.07, 6.45) is 3.24. The van der Waals surface area contributed by atoms with Gasteiger partial charge in [0.2, 0.25) is 0 Å². The van der Waals surface area contributed by atoms with Gasteiger partial charge >= 0.3 is 6.03 Å². The third-order valence-corrected chi connectivity index (χ3v) is 2.84. The van der Waals surface area contributed by atoms with E-state index in [-0.39, 0.29) is 0 Å². The second-order valence-corrected chi connectivity index (χ2v) is 4.29. The van der Waals surface area contributed by atoms with E-state index in [0.29, 0.717) is 16.2 Å². The maximum atomic E-state index is 11.8. The molecule has 0 saturated heterocycles. The van der Waals surface area contributed by atoms with Gasteiger partial charge in [-0.3, -0.25) is 10.3 Å². The summed E-state index contributed by atoms with van der Waals surface area (Å²) < 4.78 is 5.04. The summed E-state index contributed by atoms with van der Waals surface area (Å²) in [5.41, 5.74) is 1.34. The molecule has 0 saturated carbocycles. The number of amides is 2. The number of anilines is 1. The molecule has 2 rings (SSSR count). The zero-order valence-electron chi connectivity index (χ0n) is 10.8. The minimum atomic E-state index is -0.399. The van der Waals surface area contributed by atoms with Gasteiger partial charge in [-0.2, -0.15) is 0 Å². The van der Waals surface area contributed by atoms with Crippen molar-refractivity contribution in [1.29, 1.82) is 0 Å². The molecule has 6 heteroatoms. The standard InChI is InChI=1S/C14H13N3O2S/c1-19-12-6-4-11(5-7-12)16-14(18)17-13(20)10-3-2-8-15-9-10/h2-9H,1H3,(H2,16,17,18,20). The number of pyridine rings is 1. The topological polar surface area (TPSA) is 63.2 Å². The zero-order chi connectivity index (χ0) is 14.4. The van der Waals surface area contributed by atoms with E-state index in [4.69, 9.17) is 17.0 Å². The van der Waals surface area contributed by atoms with Crippen LogP contribution in [-0.2, 0) is 0 Å². The van der Waals surface area contributed by atoms with Gasteiger partial charge in [-0.15, -0.1) is 0 Å². The fourth-order valence-electron chi connectivity index (χ4n) is 1.51. The number of carbonyl (C=O) groups is 1. The van der Waals surface area contributed by atoms with Crippen molar-refractivity contribution in [2.24, 2.45) is 0 Å². The van der Waals surface area contributed by atoms with E-state index in [0.717, 1.165) is 5.75 Å². The molecule has 0 bridgehead atoms. The van der Waals surface area contributed by atoms with Crippen molar-refractivity contribution in [2.75, 3.05) is 12.4 Å². The average molecular weight is 287 g/mol. The molecular weight excluding hydrogens is 274 g/mol. The fourth-order valence-corrected chi connectivity index (χ4v) is 1.72. The average Bonchev–Trinajstić information content (AvgIpc) is 2.49. The van der Waals surface area contributed by atoms with E-state index in [1.54, 1.807) is 55.9 Å². The van der Waals surface area contributed by atoms with E-state index in [1.807, 2.05) is 0 Å². The van der Waals surface area contributed by atoms with Crippen molar-refractivity contribution in [3.8, 4) is 5.75 Å². The molecule has 102 valence electrons. The smallest absolute Gasteiger partial charge is 0.324 e. The van der Waals surface area contributed by atoms with Gasteiger partial charge in [0.25, 0.3) is 0 Å². The van der Waals surface area contributed by atoms with Crippen molar-refractivity contribution in [3.63, 3.8) is 0 Å². The summed E-state index contributed by atoms with van der Waals surface area (Å²) in [7, 11) is 1.58. The molecule has 20 heavy (non-hydrogen) atoms. The van der Waals surface area contributed by atoms with Gasteiger partial charge in [0, 0.05) is 23.6 Å². The third kappa shape index (κ3) is 3.76. The molecule has 0 radical (unpaired) electrons. The van der Waals surface area contributed by atoms with Crippen molar-refractivity contribution >= 4 is 28.9 Å². The molecule has 0 unspecified atom stereocenters. The van der Waals surface area contributed by atoms with Crippen LogP contribution in [0.5, 0.6) is 5.75 Å². The Balaban J connectivity index is 1.93. The van der Waals surface area contributed by atoms with Crippen LogP contribution >= 0.6 is 12.2 Å². The minimum Gasteiger partial charge on any atom is -0.497 e. The van der Waals surface area contributed by atoms with Crippen molar-refractivity contribution in [1.82, 2.24) is 10.3 Å². The quantitative estimate of drug-likeness (QED) is 0.852. The lowest BCUT2D eigenvalue weighted by Crippen LogP contribution is -2.33. The van der Waals surface area contributed by atoms with E-state index < -0.39 is 6.03 Å². The van der Waals surface area contributed by atoms with Crippen LogP contribution in [0.3, 0.4) is 0 Å². The Morgan fingerprint density at radius 3 is 2.60 bits per heavy atom. The van der Waals surface area contributed by atoms with Crippen LogP contribution in [0.1, 0.15) is 5.56 Å². The number of ether oxygens (including phenoxy) is 1. The molecule has 0 fully saturated rings. The fraction of sp³-hybridized carbons (Fsp3) is 0.0714. The molecule has 2 N–H and O–H groups in total. The molecule has 5 nitrogen and oxygen atoms in total. The summed E-state index contributed by atoms with van der Waals surface area (Å²) in [5, 5.41) is 5.26. The number of aromatic nitrogens is 1. The number of thiocarbonyl (C=S) groups is 1. The van der Waals surface area contributed by atoms with Gasteiger partial charge in [-0.05, 0) is 36.4 Å². The highest BCUT2D eigenvalue weighted by Gasteiger charge is 2.06.